The summed E-state index contributed by atoms with van der Waals surface area (Å²) in [5.74, 6) is -0.335. The van der Waals surface area contributed by atoms with Gasteiger partial charge in [0.1, 0.15) is 5.69 Å². The van der Waals surface area contributed by atoms with E-state index in [1.54, 1.807) is 7.11 Å². The van der Waals surface area contributed by atoms with Crippen molar-refractivity contribution in [3.8, 4) is 0 Å². The number of amides is 1. The molecule has 1 amide bonds. The van der Waals surface area contributed by atoms with E-state index in [-0.39, 0.29) is 17.2 Å². The van der Waals surface area contributed by atoms with E-state index in [0.29, 0.717) is 13.2 Å². The summed E-state index contributed by atoms with van der Waals surface area (Å²) in [6.45, 7) is 0.852. The molecule has 0 unspecified atom stereocenters. The number of carbonyl (C=O) groups excluding carboxylic acids is 1. The first-order chi connectivity index (χ1) is 6.74. The summed E-state index contributed by atoms with van der Waals surface area (Å²) in [6, 6.07) is 0. The molecule has 0 radical (unpaired) electrons. The number of nitrogens with one attached hydrogen (secondary N) is 2. The van der Waals surface area contributed by atoms with Gasteiger partial charge < -0.3 is 15.0 Å². The number of aromatic amines is 1. The summed E-state index contributed by atoms with van der Waals surface area (Å²) >= 11 is 0. The standard InChI is InChI=1S/C8H11N3O3/c1-14-3-2-9-8(13)6-4-11-7(12)5-10-6/h4-5H,2-3H2,1H3,(H,9,13)(H,11,12). The topological polar surface area (TPSA) is 84.1 Å². The fraction of sp³-hybridized carbons (Fsp3) is 0.375. The minimum atomic E-state index is -0.335. The molecule has 0 saturated carbocycles. The number of nitrogens with zero attached hydrogens (tertiary/aromatic N) is 1. The lowest BCUT2D eigenvalue weighted by Gasteiger charge is -2.02. The second-order valence-electron chi connectivity index (χ2n) is 2.55. The fourth-order valence-corrected chi connectivity index (χ4v) is 0.824. The molecule has 1 rings (SSSR count). The SMILES string of the molecule is COCCNC(=O)c1c[nH]c(=O)cn1. The van der Waals surface area contributed by atoms with Crippen molar-refractivity contribution < 1.29 is 9.53 Å². The van der Waals surface area contributed by atoms with Crippen molar-refractivity contribution >= 4 is 5.91 Å². The molecule has 14 heavy (non-hydrogen) atoms. The van der Waals surface area contributed by atoms with Crippen molar-refractivity contribution in [3.63, 3.8) is 0 Å². The zero-order valence-electron chi connectivity index (χ0n) is 7.74. The lowest BCUT2D eigenvalue weighted by molar-refractivity contribution is 0.0931. The Morgan fingerprint density at radius 1 is 1.71 bits per heavy atom. The smallest absolute Gasteiger partial charge is 0.271 e. The number of carbonyl (C=O) groups is 1. The van der Waals surface area contributed by atoms with Crippen LogP contribution in [0.15, 0.2) is 17.2 Å². The Hall–Kier alpha value is -1.69. The monoisotopic (exact) mass is 197 g/mol. The summed E-state index contributed by atoms with van der Waals surface area (Å²) in [4.78, 5) is 27.9. The molecule has 1 aromatic heterocycles. The second kappa shape index (κ2) is 5.13. The highest BCUT2D eigenvalue weighted by Gasteiger charge is 2.05. The molecule has 0 aromatic carbocycles. The molecule has 0 bridgehead atoms. The Morgan fingerprint density at radius 2 is 2.50 bits per heavy atom. The van der Waals surface area contributed by atoms with Crippen molar-refractivity contribution in [2.24, 2.45) is 0 Å². The zero-order valence-corrected chi connectivity index (χ0v) is 7.74. The third-order valence-corrected chi connectivity index (χ3v) is 1.50. The van der Waals surface area contributed by atoms with Gasteiger partial charge in [-0.15, -0.1) is 0 Å². The molecular weight excluding hydrogens is 186 g/mol. The van der Waals surface area contributed by atoms with Crippen molar-refractivity contribution in [1.29, 1.82) is 0 Å². The zero-order chi connectivity index (χ0) is 10.4. The molecule has 1 aromatic rings. The fourth-order valence-electron chi connectivity index (χ4n) is 0.824. The lowest BCUT2D eigenvalue weighted by Crippen LogP contribution is -2.28. The van der Waals surface area contributed by atoms with Crippen molar-refractivity contribution in [2.75, 3.05) is 20.3 Å². The normalized spacial score (nSPS) is 9.79. The maximum absolute atomic E-state index is 11.3. The Bertz CT molecular complexity index is 341. The number of hydrogen-bond donors (Lipinski definition) is 2. The van der Waals surface area contributed by atoms with Gasteiger partial charge in [-0.3, -0.25) is 9.59 Å². The van der Waals surface area contributed by atoms with Gasteiger partial charge in [-0.25, -0.2) is 4.98 Å². The number of ether oxygens (including phenoxy) is 1. The van der Waals surface area contributed by atoms with E-state index in [4.69, 9.17) is 4.74 Å². The number of rotatable bonds is 4. The highest BCUT2D eigenvalue weighted by atomic mass is 16.5. The predicted molar refractivity (Wildman–Crippen MR) is 49.1 cm³/mol. The van der Waals surface area contributed by atoms with Crippen LogP contribution in [0.25, 0.3) is 0 Å². The third kappa shape index (κ3) is 2.98. The van der Waals surface area contributed by atoms with Crippen LogP contribution in [0.5, 0.6) is 0 Å². The third-order valence-electron chi connectivity index (χ3n) is 1.50. The number of hydrogen-bond acceptors (Lipinski definition) is 4. The van der Waals surface area contributed by atoms with Gasteiger partial charge in [-0.1, -0.05) is 0 Å². The van der Waals surface area contributed by atoms with E-state index in [1.807, 2.05) is 0 Å². The molecule has 0 aliphatic carbocycles. The van der Waals surface area contributed by atoms with E-state index in [2.05, 4.69) is 15.3 Å². The minimum Gasteiger partial charge on any atom is -0.383 e. The number of aromatic nitrogens is 2. The highest BCUT2D eigenvalue weighted by molar-refractivity contribution is 5.91. The van der Waals surface area contributed by atoms with E-state index in [9.17, 15) is 9.59 Å². The Kier molecular flexibility index (Phi) is 3.81. The van der Waals surface area contributed by atoms with Crippen LogP contribution < -0.4 is 10.9 Å². The van der Waals surface area contributed by atoms with Crippen molar-refractivity contribution in [3.05, 3.63) is 28.4 Å². The van der Waals surface area contributed by atoms with E-state index in [1.165, 1.54) is 6.20 Å². The molecule has 0 saturated heterocycles. The molecule has 2 N–H and O–H groups in total. The summed E-state index contributed by atoms with van der Waals surface area (Å²) in [6.07, 6.45) is 2.33. The molecule has 0 spiro atoms. The van der Waals surface area contributed by atoms with Gasteiger partial charge in [0.25, 0.3) is 11.5 Å². The van der Waals surface area contributed by atoms with Gasteiger partial charge in [-0.2, -0.15) is 0 Å². The van der Waals surface area contributed by atoms with Crippen LogP contribution in [0, 0.1) is 0 Å². The Balaban J connectivity index is 2.52. The van der Waals surface area contributed by atoms with Crippen LogP contribution >= 0.6 is 0 Å². The molecule has 1 heterocycles. The van der Waals surface area contributed by atoms with Gasteiger partial charge in [0, 0.05) is 19.9 Å². The average molecular weight is 197 g/mol. The van der Waals surface area contributed by atoms with Crippen LogP contribution in [0.2, 0.25) is 0 Å². The second-order valence-corrected chi connectivity index (χ2v) is 2.55. The van der Waals surface area contributed by atoms with Gasteiger partial charge in [-0.05, 0) is 0 Å². The summed E-state index contributed by atoms with van der Waals surface area (Å²) in [5.41, 5.74) is -0.154. The average Bonchev–Trinajstić information content (AvgIpc) is 2.19. The predicted octanol–water partition coefficient (Wildman–Crippen LogP) is -0.854. The summed E-state index contributed by atoms with van der Waals surface area (Å²) in [5, 5.41) is 2.57. The summed E-state index contributed by atoms with van der Waals surface area (Å²) < 4.78 is 4.75. The Morgan fingerprint density at radius 3 is 3.07 bits per heavy atom. The van der Waals surface area contributed by atoms with E-state index >= 15 is 0 Å². The number of H-pyrrole nitrogens is 1. The quantitative estimate of drug-likeness (QED) is 0.615. The van der Waals surface area contributed by atoms with Crippen molar-refractivity contribution in [1.82, 2.24) is 15.3 Å². The lowest BCUT2D eigenvalue weighted by atomic mass is 10.4. The van der Waals surface area contributed by atoms with Crippen LogP contribution in [0.3, 0.4) is 0 Å². The molecule has 0 aliphatic heterocycles. The Labute approximate surface area is 80.3 Å². The van der Waals surface area contributed by atoms with E-state index < -0.39 is 0 Å². The first-order valence-electron chi connectivity index (χ1n) is 4.06. The van der Waals surface area contributed by atoms with Gasteiger partial charge in [0.15, 0.2) is 0 Å². The van der Waals surface area contributed by atoms with Crippen LogP contribution in [0.4, 0.5) is 0 Å². The molecule has 6 heteroatoms. The van der Waals surface area contributed by atoms with Gasteiger partial charge in [0.2, 0.25) is 0 Å². The first-order valence-corrected chi connectivity index (χ1v) is 4.06. The largest absolute Gasteiger partial charge is 0.383 e. The van der Waals surface area contributed by atoms with Gasteiger partial charge >= 0.3 is 0 Å². The molecule has 76 valence electrons. The van der Waals surface area contributed by atoms with Gasteiger partial charge in [0.05, 0.1) is 12.8 Å². The molecular formula is C8H11N3O3. The van der Waals surface area contributed by atoms with Crippen LogP contribution in [-0.2, 0) is 4.74 Å². The van der Waals surface area contributed by atoms with E-state index in [0.717, 1.165) is 6.20 Å². The minimum absolute atomic E-state index is 0.181. The molecule has 0 aliphatic rings. The molecule has 0 fully saturated rings. The maximum atomic E-state index is 11.3. The highest BCUT2D eigenvalue weighted by Crippen LogP contribution is 1.86. The molecule has 0 atom stereocenters. The number of methoxy groups -OCH3 is 1. The maximum Gasteiger partial charge on any atom is 0.271 e. The molecule has 6 nitrogen and oxygen atoms in total. The van der Waals surface area contributed by atoms with Crippen LogP contribution in [-0.4, -0.2) is 36.1 Å². The van der Waals surface area contributed by atoms with Crippen LogP contribution in [0.1, 0.15) is 10.5 Å². The summed E-state index contributed by atoms with van der Waals surface area (Å²) in [7, 11) is 1.55. The first kappa shape index (κ1) is 10.4. The van der Waals surface area contributed by atoms with Crippen molar-refractivity contribution in [2.45, 2.75) is 0 Å².